The third-order valence-corrected chi connectivity index (χ3v) is 3.62. The number of aromatic nitrogens is 2. The van der Waals surface area contributed by atoms with Crippen molar-refractivity contribution in [2.24, 2.45) is 7.05 Å². The fraction of sp³-hybridized carbons (Fsp3) is 0.235. The molecule has 0 radical (unpaired) electrons. The summed E-state index contributed by atoms with van der Waals surface area (Å²) in [7, 11) is 2.04. The lowest BCUT2D eigenvalue weighted by Gasteiger charge is -2.05. The van der Waals surface area contributed by atoms with E-state index in [-0.39, 0.29) is 5.82 Å². The highest BCUT2D eigenvalue weighted by Crippen LogP contribution is 2.14. The van der Waals surface area contributed by atoms with Crippen LogP contribution in [-0.4, -0.2) is 16.1 Å². The first kappa shape index (κ1) is 13.8. The minimum Gasteiger partial charge on any atom is -0.331 e. The number of halogens is 1. The summed E-state index contributed by atoms with van der Waals surface area (Å²) >= 11 is 0. The molecule has 0 aliphatic carbocycles. The van der Waals surface area contributed by atoms with Gasteiger partial charge in [-0.05, 0) is 29.8 Å². The molecule has 0 bridgehead atoms. The molecule has 0 fully saturated rings. The van der Waals surface area contributed by atoms with Gasteiger partial charge in [0.1, 0.15) is 11.6 Å². The van der Waals surface area contributed by atoms with Gasteiger partial charge in [-0.1, -0.05) is 24.3 Å². The van der Waals surface area contributed by atoms with Gasteiger partial charge in [0.2, 0.25) is 0 Å². The first-order chi connectivity index (χ1) is 10.2. The zero-order valence-electron chi connectivity index (χ0n) is 12.0. The zero-order valence-corrected chi connectivity index (χ0v) is 12.0. The molecule has 108 valence electrons. The van der Waals surface area contributed by atoms with Crippen molar-refractivity contribution in [2.45, 2.75) is 13.0 Å². The number of hydrogen-bond donors (Lipinski definition) is 1. The molecule has 1 N–H and O–H groups in total. The second-order valence-electron chi connectivity index (χ2n) is 5.13. The molecule has 0 atom stereocenters. The number of fused-ring (bicyclic) bond motifs is 1. The number of para-hydroxylation sites is 2. The predicted molar refractivity (Wildman–Crippen MR) is 82.5 cm³/mol. The summed E-state index contributed by atoms with van der Waals surface area (Å²) < 4.78 is 15.2. The summed E-state index contributed by atoms with van der Waals surface area (Å²) in [6, 6.07) is 14.8. The van der Waals surface area contributed by atoms with E-state index >= 15 is 0 Å². The van der Waals surface area contributed by atoms with Crippen molar-refractivity contribution in [3.05, 3.63) is 65.7 Å². The summed E-state index contributed by atoms with van der Waals surface area (Å²) in [6.07, 6.45) is 0.848. The Morgan fingerprint density at radius 3 is 2.81 bits per heavy atom. The van der Waals surface area contributed by atoms with Crippen molar-refractivity contribution >= 4 is 11.0 Å². The molecule has 0 unspecified atom stereocenters. The highest BCUT2D eigenvalue weighted by Gasteiger charge is 2.06. The topological polar surface area (TPSA) is 29.9 Å². The van der Waals surface area contributed by atoms with Gasteiger partial charge in [-0.3, -0.25) is 0 Å². The standard InChI is InChI=1S/C17H18FN3/c1-21-16-8-3-2-7-15(16)20-17(21)9-10-19-12-13-5-4-6-14(18)11-13/h2-8,11,19H,9-10,12H2,1H3. The van der Waals surface area contributed by atoms with Gasteiger partial charge in [0.05, 0.1) is 11.0 Å². The molecule has 3 nitrogen and oxygen atoms in total. The van der Waals surface area contributed by atoms with E-state index in [0.29, 0.717) is 6.54 Å². The van der Waals surface area contributed by atoms with Gasteiger partial charge in [-0.15, -0.1) is 0 Å². The van der Waals surface area contributed by atoms with E-state index in [1.54, 1.807) is 12.1 Å². The first-order valence-corrected chi connectivity index (χ1v) is 7.09. The second-order valence-corrected chi connectivity index (χ2v) is 5.13. The molecule has 4 heteroatoms. The van der Waals surface area contributed by atoms with Crippen LogP contribution in [0.3, 0.4) is 0 Å². The summed E-state index contributed by atoms with van der Waals surface area (Å²) in [4.78, 5) is 4.63. The molecule has 0 aliphatic heterocycles. The van der Waals surface area contributed by atoms with Crippen LogP contribution in [0.4, 0.5) is 4.39 Å². The van der Waals surface area contributed by atoms with Crippen molar-refractivity contribution in [3.63, 3.8) is 0 Å². The van der Waals surface area contributed by atoms with Crippen molar-refractivity contribution < 1.29 is 4.39 Å². The molecule has 0 amide bonds. The molecule has 21 heavy (non-hydrogen) atoms. The Kier molecular flexibility index (Phi) is 3.97. The van der Waals surface area contributed by atoms with Crippen LogP contribution in [-0.2, 0) is 20.0 Å². The number of hydrogen-bond acceptors (Lipinski definition) is 2. The van der Waals surface area contributed by atoms with Gasteiger partial charge in [0, 0.05) is 26.6 Å². The molecule has 3 rings (SSSR count). The van der Waals surface area contributed by atoms with Crippen LogP contribution in [0.5, 0.6) is 0 Å². The van der Waals surface area contributed by atoms with Crippen LogP contribution < -0.4 is 5.32 Å². The van der Waals surface area contributed by atoms with Crippen LogP contribution in [0.25, 0.3) is 11.0 Å². The molecule has 1 aromatic heterocycles. The van der Waals surface area contributed by atoms with Gasteiger partial charge in [0.15, 0.2) is 0 Å². The summed E-state index contributed by atoms with van der Waals surface area (Å²) in [5.41, 5.74) is 3.14. The van der Waals surface area contributed by atoms with Gasteiger partial charge in [-0.25, -0.2) is 9.37 Å². The normalized spacial score (nSPS) is 11.1. The highest BCUT2D eigenvalue weighted by atomic mass is 19.1. The van der Waals surface area contributed by atoms with Crippen LogP contribution in [0.1, 0.15) is 11.4 Å². The average Bonchev–Trinajstić information content (AvgIpc) is 2.81. The average molecular weight is 283 g/mol. The number of aryl methyl sites for hydroxylation is 1. The lowest BCUT2D eigenvalue weighted by molar-refractivity contribution is 0.618. The predicted octanol–water partition coefficient (Wildman–Crippen LogP) is 3.04. The van der Waals surface area contributed by atoms with Crippen molar-refractivity contribution in [1.82, 2.24) is 14.9 Å². The Hall–Kier alpha value is -2.20. The summed E-state index contributed by atoms with van der Waals surface area (Å²) in [5.74, 6) is 0.868. The third-order valence-electron chi connectivity index (χ3n) is 3.62. The Balaban J connectivity index is 1.58. The van der Waals surface area contributed by atoms with E-state index in [4.69, 9.17) is 0 Å². The maximum atomic E-state index is 13.1. The minimum atomic E-state index is -0.190. The molecular weight excluding hydrogens is 265 g/mol. The number of nitrogens with zero attached hydrogens (tertiary/aromatic N) is 2. The summed E-state index contributed by atoms with van der Waals surface area (Å²) in [5, 5.41) is 3.33. The Labute approximate surface area is 123 Å². The van der Waals surface area contributed by atoms with Crippen LogP contribution >= 0.6 is 0 Å². The van der Waals surface area contributed by atoms with Crippen LogP contribution in [0.2, 0.25) is 0 Å². The molecule has 2 aromatic carbocycles. The monoisotopic (exact) mass is 283 g/mol. The maximum absolute atomic E-state index is 13.1. The second kappa shape index (κ2) is 6.06. The highest BCUT2D eigenvalue weighted by molar-refractivity contribution is 5.75. The van der Waals surface area contributed by atoms with Crippen molar-refractivity contribution in [1.29, 1.82) is 0 Å². The quantitative estimate of drug-likeness (QED) is 0.729. The van der Waals surface area contributed by atoms with E-state index < -0.39 is 0 Å². The number of imidazole rings is 1. The largest absolute Gasteiger partial charge is 0.331 e. The number of nitrogens with one attached hydrogen (secondary N) is 1. The van der Waals surface area contributed by atoms with E-state index in [1.165, 1.54) is 6.07 Å². The fourth-order valence-corrected chi connectivity index (χ4v) is 2.50. The fourth-order valence-electron chi connectivity index (χ4n) is 2.50. The van der Waals surface area contributed by atoms with Crippen molar-refractivity contribution in [3.8, 4) is 0 Å². The number of rotatable bonds is 5. The SMILES string of the molecule is Cn1c(CCNCc2cccc(F)c2)nc2ccccc21. The van der Waals surface area contributed by atoms with Crippen LogP contribution in [0.15, 0.2) is 48.5 Å². The Bertz CT molecular complexity index is 749. The summed E-state index contributed by atoms with van der Waals surface area (Å²) in [6.45, 7) is 1.48. The van der Waals surface area contributed by atoms with Gasteiger partial charge in [0.25, 0.3) is 0 Å². The van der Waals surface area contributed by atoms with Gasteiger partial charge in [-0.2, -0.15) is 0 Å². The third kappa shape index (κ3) is 3.11. The maximum Gasteiger partial charge on any atom is 0.123 e. The zero-order chi connectivity index (χ0) is 14.7. The Morgan fingerprint density at radius 1 is 1.14 bits per heavy atom. The molecule has 0 spiro atoms. The van der Waals surface area contributed by atoms with E-state index in [9.17, 15) is 4.39 Å². The molecule has 0 saturated carbocycles. The first-order valence-electron chi connectivity index (χ1n) is 7.09. The lowest BCUT2D eigenvalue weighted by atomic mass is 10.2. The van der Waals surface area contributed by atoms with E-state index in [2.05, 4.69) is 20.9 Å². The van der Waals surface area contributed by atoms with Gasteiger partial charge >= 0.3 is 0 Å². The molecule has 0 saturated heterocycles. The van der Waals surface area contributed by atoms with Gasteiger partial charge < -0.3 is 9.88 Å². The van der Waals surface area contributed by atoms with E-state index in [1.807, 2.05) is 31.3 Å². The van der Waals surface area contributed by atoms with E-state index in [0.717, 1.165) is 35.4 Å². The molecular formula is C17H18FN3. The minimum absolute atomic E-state index is 0.190. The lowest BCUT2D eigenvalue weighted by Crippen LogP contribution is -2.18. The Morgan fingerprint density at radius 2 is 2.00 bits per heavy atom. The smallest absolute Gasteiger partial charge is 0.123 e. The van der Waals surface area contributed by atoms with Crippen LogP contribution in [0, 0.1) is 5.82 Å². The van der Waals surface area contributed by atoms with Crippen molar-refractivity contribution in [2.75, 3.05) is 6.54 Å². The molecule has 0 aliphatic rings. The number of benzene rings is 2. The molecule has 1 heterocycles. The molecule has 3 aromatic rings.